The second-order valence-corrected chi connectivity index (χ2v) is 5.69. The number of urea groups is 1. The Morgan fingerprint density at radius 3 is 2.57 bits per heavy atom. The number of nitrogens with one attached hydrogen (secondary N) is 2. The lowest BCUT2D eigenvalue weighted by atomic mass is 10.0. The Bertz CT molecular complexity index is 636. The largest absolute Gasteiger partial charge is 0.386 e. The van der Waals surface area contributed by atoms with Crippen molar-refractivity contribution in [1.82, 2.24) is 20.4 Å². The zero-order valence-corrected chi connectivity index (χ0v) is 13.8. The molecule has 6 nitrogen and oxygen atoms in total. The molecule has 3 N–H and O–H groups in total. The van der Waals surface area contributed by atoms with Crippen molar-refractivity contribution in [2.24, 2.45) is 7.05 Å². The quantitative estimate of drug-likeness (QED) is 0.764. The molecule has 0 spiro atoms. The van der Waals surface area contributed by atoms with Crippen molar-refractivity contribution in [2.45, 2.75) is 32.4 Å². The summed E-state index contributed by atoms with van der Waals surface area (Å²) in [7, 11) is 1.78. The van der Waals surface area contributed by atoms with Crippen molar-refractivity contribution >= 4 is 6.03 Å². The fraction of sp³-hybridized carbons (Fsp3) is 0.412. The first-order valence-electron chi connectivity index (χ1n) is 7.77. The number of amides is 2. The van der Waals surface area contributed by atoms with Crippen LogP contribution in [0.25, 0.3) is 0 Å². The average Bonchev–Trinajstić information content (AvgIpc) is 2.98. The Hall–Kier alpha value is -2.34. The first-order valence-corrected chi connectivity index (χ1v) is 7.77. The third-order valence-corrected chi connectivity index (χ3v) is 3.76. The van der Waals surface area contributed by atoms with Crippen LogP contribution in [-0.4, -0.2) is 27.5 Å². The van der Waals surface area contributed by atoms with Gasteiger partial charge in [0.15, 0.2) is 0 Å². The molecule has 0 aliphatic heterocycles. The van der Waals surface area contributed by atoms with Crippen LogP contribution in [0.1, 0.15) is 42.2 Å². The number of aromatic nitrogens is 2. The van der Waals surface area contributed by atoms with Gasteiger partial charge in [-0.05, 0) is 18.9 Å². The monoisotopic (exact) mass is 316 g/mol. The van der Waals surface area contributed by atoms with E-state index in [-0.39, 0.29) is 18.6 Å². The zero-order valence-electron chi connectivity index (χ0n) is 13.8. The summed E-state index contributed by atoms with van der Waals surface area (Å²) < 4.78 is 1.61. The predicted octanol–water partition coefficient (Wildman–Crippen LogP) is 2.21. The van der Waals surface area contributed by atoms with Gasteiger partial charge in [-0.3, -0.25) is 4.68 Å². The highest BCUT2D eigenvalue weighted by atomic mass is 16.3. The van der Waals surface area contributed by atoms with E-state index in [0.717, 1.165) is 12.0 Å². The second-order valence-electron chi connectivity index (χ2n) is 5.69. The van der Waals surface area contributed by atoms with Crippen molar-refractivity contribution in [2.75, 3.05) is 6.54 Å². The topological polar surface area (TPSA) is 79.2 Å². The molecule has 0 aliphatic carbocycles. The molecule has 23 heavy (non-hydrogen) atoms. The van der Waals surface area contributed by atoms with E-state index in [1.54, 1.807) is 24.1 Å². The summed E-state index contributed by atoms with van der Waals surface area (Å²) in [5, 5.41) is 19.7. The van der Waals surface area contributed by atoms with E-state index in [1.165, 1.54) is 5.56 Å². The fourth-order valence-electron chi connectivity index (χ4n) is 2.35. The highest BCUT2D eigenvalue weighted by molar-refractivity contribution is 5.74. The molecule has 0 unspecified atom stereocenters. The Labute approximate surface area is 136 Å². The SMILES string of the molecule is CC[C@@H](NC(=O)NC[C@H](O)c1cnn(C)c1)c1ccc(C)cc1. The first-order chi connectivity index (χ1) is 11.0. The fourth-order valence-corrected chi connectivity index (χ4v) is 2.35. The minimum absolute atomic E-state index is 0.0499. The molecular weight excluding hydrogens is 292 g/mol. The third-order valence-electron chi connectivity index (χ3n) is 3.76. The van der Waals surface area contributed by atoms with Crippen molar-refractivity contribution < 1.29 is 9.90 Å². The Morgan fingerprint density at radius 2 is 2.00 bits per heavy atom. The smallest absolute Gasteiger partial charge is 0.315 e. The van der Waals surface area contributed by atoms with E-state index in [0.29, 0.717) is 5.56 Å². The van der Waals surface area contributed by atoms with Gasteiger partial charge in [0.05, 0.1) is 18.3 Å². The molecule has 1 aromatic heterocycles. The molecule has 0 aliphatic rings. The maximum atomic E-state index is 12.0. The van der Waals surface area contributed by atoms with E-state index < -0.39 is 6.10 Å². The van der Waals surface area contributed by atoms with E-state index in [9.17, 15) is 9.90 Å². The van der Waals surface area contributed by atoms with Crippen molar-refractivity contribution in [3.05, 3.63) is 53.3 Å². The summed E-state index contributed by atoms with van der Waals surface area (Å²) in [6.45, 7) is 4.20. The molecular formula is C17H24N4O2. The molecule has 0 bridgehead atoms. The van der Waals surface area contributed by atoms with Gasteiger partial charge in [-0.1, -0.05) is 36.8 Å². The summed E-state index contributed by atoms with van der Waals surface area (Å²) in [4.78, 5) is 12.0. The summed E-state index contributed by atoms with van der Waals surface area (Å²) in [5.74, 6) is 0. The molecule has 0 saturated carbocycles. The number of aliphatic hydroxyl groups excluding tert-OH is 1. The van der Waals surface area contributed by atoms with Crippen LogP contribution in [-0.2, 0) is 7.05 Å². The number of benzene rings is 1. The van der Waals surface area contributed by atoms with Gasteiger partial charge in [-0.2, -0.15) is 5.10 Å². The van der Waals surface area contributed by atoms with Crippen molar-refractivity contribution in [3.63, 3.8) is 0 Å². The maximum Gasteiger partial charge on any atom is 0.315 e. The van der Waals surface area contributed by atoms with Crippen molar-refractivity contribution in [1.29, 1.82) is 0 Å². The molecule has 2 aromatic rings. The van der Waals surface area contributed by atoms with Crippen LogP contribution in [0.15, 0.2) is 36.7 Å². The molecule has 124 valence electrons. The summed E-state index contributed by atoms with van der Waals surface area (Å²) >= 11 is 0. The van der Waals surface area contributed by atoms with E-state index in [2.05, 4.69) is 15.7 Å². The molecule has 2 atom stereocenters. The lowest BCUT2D eigenvalue weighted by Crippen LogP contribution is -2.39. The maximum absolute atomic E-state index is 12.0. The number of carbonyl (C=O) groups excluding carboxylic acids is 1. The van der Waals surface area contributed by atoms with E-state index in [4.69, 9.17) is 0 Å². The number of rotatable bonds is 6. The molecule has 0 saturated heterocycles. The molecule has 2 amide bonds. The van der Waals surface area contributed by atoms with Gasteiger partial charge in [0, 0.05) is 25.4 Å². The predicted molar refractivity (Wildman–Crippen MR) is 88.9 cm³/mol. The molecule has 6 heteroatoms. The number of aliphatic hydroxyl groups is 1. The minimum atomic E-state index is -0.770. The standard InChI is InChI=1S/C17H24N4O2/c1-4-15(13-7-5-12(2)6-8-13)20-17(23)18-10-16(22)14-9-19-21(3)11-14/h5-9,11,15-16,22H,4,10H2,1-3H3,(H2,18,20,23)/t15-,16+/m1/s1. The van der Waals surface area contributed by atoms with Gasteiger partial charge in [-0.15, -0.1) is 0 Å². The van der Waals surface area contributed by atoms with E-state index >= 15 is 0 Å². The van der Waals surface area contributed by atoms with Gasteiger partial charge in [0.2, 0.25) is 0 Å². The summed E-state index contributed by atoms with van der Waals surface area (Å²) in [6, 6.07) is 7.77. The number of hydrogen-bond donors (Lipinski definition) is 3. The lowest BCUT2D eigenvalue weighted by Gasteiger charge is -2.19. The van der Waals surface area contributed by atoms with Gasteiger partial charge in [0.25, 0.3) is 0 Å². The first kappa shape index (κ1) is 17.0. The summed E-state index contributed by atoms with van der Waals surface area (Å²) in [5.41, 5.74) is 2.94. The van der Waals surface area contributed by atoms with Crippen molar-refractivity contribution in [3.8, 4) is 0 Å². The number of hydrogen-bond acceptors (Lipinski definition) is 3. The number of aryl methyl sites for hydroxylation is 2. The molecule has 0 radical (unpaired) electrons. The highest BCUT2D eigenvalue weighted by Gasteiger charge is 2.15. The Kier molecular flexibility index (Phi) is 5.76. The van der Waals surface area contributed by atoms with Crippen LogP contribution in [0.5, 0.6) is 0 Å². The highest BCUT2D eigenvalue weighted by Crippen LogP contribution is 2.17. The number of carbonyl (C=O) groups is 1. The molecule has 1 aromatic carbocycles. The lowest BCUT2D eigenvalue weighted by molar-refractivity contribution is 0.172. The van der Waals surface area contributed by atoms with Crippen LogP contribution < -0.4 is 10.6 Å². The van der Waals surface area contributed by atoms with Crippen LogP contribution in [0, 0.1) is 6.92 Å². The van der Waals surface area contributed by atoms with Crippen LogP contribution in [0.3, 0.4) is 0 Å². The Balaban J connectivity index is 1.86. The minimum Gasteiger partial charge on any atom is -0.386 e. The van der Waals surface area contributed by atoms with Gasteiger partial charge < -0.3 is 15.7 Å². The molecule has 1 heterocycles. The normalized spacial score (nSPS) is 13.4. The summed E-state index contributed by atoms with van der Waals surface area (Å²) in [6.07, 6.45) is 3.34. The molecule has 2 rings (SSSR count). The third kappa shape index (κ3) is 4.82. The van der Waals surface area contributed by atoms with E-state index in [1.807, 2.05) is 38.1 Å². The number of nitrogens with zero attached hydrogens (tertiary/aromatic N) is 2. The van der Waals surface area contributed by atoms with Gasteiger partial charge in [-0.25, -0.2) is 4.79 Å². The Morgan fingerprint density at radius 1 is 1.30 bits per heavy atom. The van der Waals surface area contributed by atoms with Crippen LogP contribution in [0.2, 0.25) is 0 Å². The van der Waals surface area contributed by atoms with Crippen LogP contribution in [0.4, 0.5) is 4.79 Å². The van der Waals surface area contributed by atoms with Crippen LogP contribution >= 0.6 is 0 Å². The van der Waals surface area contributed by atoms with Gasteiger partial charge >= 0.3 is 6.03 Å². The molecule has 0 fully saturated rings. The van der Waals surface area contributed by atoms with Gasteiger partial charge in [0.1, 0.15) is 0 Å². The zero-order chi connectivity index (χ0) is 16.8. The second kappa shape index (κ2) is 7.78. The average molecular weight is 316 g/mol.